The van der Waals surface area contributed by atoms with E-state index < -0.39 is 10.2 Å². The molecule has 0 aliphatic heterocycles. The van der Waals surface area contributed by atoms with Crippen LogP contribution in [0.5, 0.6) is 0 Å². The number of nitrogens with one attached hydrogen (secondary N) is 2. The van der Waals surface area contributed by atoms with Gasteiger partial charge in [0.15, 0.2) is 0 Å². The fraction of sp³-hybridized carbons (Fsp3) is 1.00. The molecule has 0 fully saturated rings. The summed E-state index contributed by atoms with van der Waals surface area (Å²) in [7, 11) is -1.70. The van der Waals surface area contributed by atoms with Crippen LogP contribution in [0.3, 0.4) is 0 Å². The lowest BCUT2D eigenvalue weighted by Crippen LogP contribution is -2.40. The number of nitrogens with zero attached hydrogens (tertiary/aromatic N) is 2. The molecular weight excluding hydrogens is 276 g/mol. The van der Waals surface area contributed by atoms with E-state index in [0.717, 1.165) is 45.6 Å². The molecule has 7 heteroatoms. The SMILES string of the molecule is CCNCCCN(C)S(=O)(=O)NCCCN(CC)CC. The van der Waals surface area contributed by atoms with E-state index in [4.69, 9.17) is 0 Å². The summed E-state index contributed by atoms with van der Waals surface area (Å²) in [6, 6.07) is 0. The Morgan fingerprint density at radius 2 is 1.55 bits per heavy atom. The standard InChI is InChI=1S/C13H32N4O2S/c1-5-14-10-8-12-16(4)20(18,19)15-11-9-13-17(6-2)7-3/h14-15H,5-13H2,1-4H3. The lowest BCUT2D eigenvalue weighted by Gasteiger charge is -2.20. The van der Waals surface area contributed by atoms with Gasteiger partial charge in [-0.15, -0.1) is 0 Å². The Balaban J connectivity index is 3.87. The first-order chi connectivity index (χ1) is 9.47. The van der Waals surface area contributed by atoms with Crippen molar-refractivity contribution in [2.24, 2.45) is 0 Å². The topological polar surface area (TPSA) is 64.7 Å². The van der Waals surface area contributed by atoms with Gasteiger partial charge in [-0.25, -0.2) is 4.72 Å². The highest BCUT2D eigenvalue weighted by molar-refractivity contribution is 7.87. The minimum atomic E-state index is -3.32. The molecule has 0 aromatic rings. The molecule has 0 aliphatic rings. The summed E-state index contributed by atoms with van der Waals surface area (Å²) in [6.45, 7) is 12.0. The van der Waals surface area contributed by atoms with Crippen molar-refractivity contribution in [3.8, 4) is 0 Å². The molecule has 0 aromatic heterocycles. The quantitative estimate of drug-likeness (QED) is 0.486. The van der Waals surface area contributed by atoms with E-state index >= 15 is 0 Å². The predicted octanol–water partition coefficient (Wildman–Crippen LogP) is 0.484. The molecule has 2 N–H and O–H groups in total. The lowest BCUT2D eigenvalue weighted by molar-refractivity contribution is 0.300. The average molecular weight is 308 g/mol. The second-order valence-corrected chi connectivity index (χ2v) is 6.67. The van der Waals surface area contributed by atoms with Crippen LogP contribution >= 0.6 is 0 Å². The van der Waals surface area contributed by atoms with Crippen LogP contribution in [0.4, 0.5) is 0 Å². The maximum Gasteiger partial charge on any atom is 0.279 e. The Bertz CT molecular complexity index is 318. The third-order valence-corrected chi connectivity index (χ3v) is 4.89. The highest BCUT2D eigenvalue weighted by Gasteiger charge is 2.15. The van der Waals surface area contributed by atoms with E-state index in [0.29, 0.717) is 13.1 Å². The zero-order valence-electron chi connectivity index (χ0n) is 13.5. The first-order valence-corrected chi connectivity index (χ1v) is 9.05. The third-order valence-electron chi connectivity index (χ3n) is 3.32. The van der Waals surface area contributed by atoms with E-state index in [-0.39, 0.29) is 0 Å². The molecule has 0 rings (SSSR count). The van der Waals surface area contributed by atoms with E-state index in [1.807, 2.05) is 6.92 Å². The molecule has 122 valence electrons. The van der Waals surface area contributed by atoms with Crippen LogP contribution in [-0.4, -0.2) is 70.5 Å². The molecule has 0 saturated carbocycles. The minimum absolute atomic E-state index is 0.496. The first kappa shape index (κ1) is 19.8. The van der Waals surface area contributed by atoms with Gasteiger partial charge in [0.2, 0.25) is 0 Å². The average Bonchev–Trinajstić information content (AvgIpc) is 2.43. The molecule has 0 unspecified atom stereocenters. The van der Waals surface area contributed by atoms with Gasteiger partial charge < -0.3 is 10.2 Å². The molecule has 0 aliphatic carbocycles. The van der Waals surface area contributed by atoms with Crippen LogP contribution in [0, 0.1) is 0 Å². The third kappa shape index (κ3) is 8.86. The second kappa shape index (κ2) is 11.4. The normalized spacial score (nSPS) is 12.5. The van der Waals surface area contributed by atoms with Gasteiger partial charge in [0.05, 0.1) is 0 Å². The van der Waals surface area contributed by atoms with Gasteiger partial charge in [0.1, 0.15) is 0 Å². The molecule has 0 amide bonds. The van der Waals surface area contributed by atoms with Gasteiger partial charge >= 0.3 is 0 Å². The summed E-state index contributed by atoms with van der Waals surface area (Å²) < 4.78 is 28.0. The summed E-state index contributed by atoms with van der Waals surface area (Å²) in [5.41, 5.74) is 0. The molecule has 0 radical (unpaired) electrons. The molecule has 0 heterocycles. The minimum Gasteiger partial charge on any atom is -0.317 e. The Morgan fingerprint density at radius 1 is 0.950 bits per heavy atom. The Labute approximate surface area is 125 Å². The van der Waals surface area contributed by atoms with Gasteiger partial charge in [-0.05, 0) is 45.6 Å². The highest BCUT2D eigenvalue weighted by atomic mass is 32.2. The summed E-state index contributed by atoms with van der Waals surface area (Å²) in [4.78, 5) is 2.29. The van der Waals surface area contributed by atoms with Crippen molar-refractivity contribution >= 4 is 10.2 Å². The molecule has 0 spiro atoms. The van der Waals surface area contributed by atoms with E-state index in [9.17, 15) is 8.42 Å². The van der Waals surface area contributed by atoms with Crippen LogP contribution in [-0.2, 0) is 10.2 Å². The van der Waals surface area contributed by atoms with Crippen molar-refractivity contribution in [3.05, 3.63) is 0 Å². The molecule has 0 bridgehead atoms. The summed E-state index contributed by atoms with van der Waals surface area (Å²) in [5, 5.41) is 3.19. The van der Waals surface area contributed by atoms with Gasteiger partial charge in [0, 0.05) is 20.1 Å². The smallest absolute Gasteiger partial charge is 0.279 e. The molecule has 20 heavy (non-hydrogen) atoms. The van der Waals surface area contributed by atoms with E-state index in [1.54, 1.807) is 7.05 Å². The molecular formula is C13H32N4O2S. The van der Waals surface area contributed by atoms with Crippen LogP contribution in [0.15, 0.2) is 0 Å². The van der Waals surface area contributed by atoms with Crippen molar-refractivity contribution in [3.63, 3.8) is 0 Å². The van der Waals surface area contributed by atoms with Gasteiger partial charge in [-0.3, -0.25) is 0 Å². The monoisotopic (exact) mass is 308 g/mol. The van der Waals surface area contributed by atoms with Crippen LogP contribution < -0.4 is 10.0 Å². The Morgan fingerprint density at radius 3 is 2.10 bits per heavy atom. The highest BCUT2D eigenvalue weighted by Crippen LogP contribution is 1.96. The predicted molar refractivity (Wildman–Crippen MR) is 85.1 cm³/mol. The fourth-order valence-corrected chi connectivity index (χ4v) is 2.87. The number of hydrogen-bond acceptors (Lipinski definition) is 4. The van der Waals surface area contributed by atoms with Crippen LogP contribution in [0.25, 0.3) is 0 Å². The van der Waals surface area contributed by atoms with Crippen LogP contribution in [0.1, 0.15) is 33.6 Å². The van der Waals surface area contributed by atoms with Crippen molar-refractivity contribution in [1.82, 2.24) is 19.2 Å². The largest absolute Gasteiger partial charge is 0.317 e. The van der Waals surface area contributed by atoms with Crippen LogP contribution in [0.2, 0.25) is 0 Å². The Hall–Kier alpha value is -0.210. The molecule has 0 atom stereocenters. The summed E-state index contributed by atoms with van der Waals surface area (Å²) >= 11 is 0. The Kier molecular flexibility index (Phi) is 11.3. The number of rotatable bonds is 13. The lowest BCUT2D eigenvalue weighted by atomic mass is 10.4. The van der Waals surface area contributed by atoms with Gasteiger partial charge in [0.25, 0.3) is 10.2 Å². The van der Waals surface area contributed by atoms with Crippen molar-refractivity contribution in [2.45, 2.75) is 33.6 Å². The maximum absolute atomic E-state index is 12.0. The van der Waals surface area contributed by atoms with Gasteiger partial charge in [-0.2, -0.15) is 12.7 Å². The zero-order chi connectivity index (χ0) is 15.4. The first-order valence-electron chi connectivity index (χ1n) is 7.61. The summed E-state index contributed by atoms with van der Waals surface area (Å²) in [5.74, 6) is 0. The maximum atomic E-state index is 12.0. The van der Waals surface area contributed by atoms with Crippen molar-refractivity contribution in [1.29, 1.82) is 0 Å². The molecule has 0 saturated heterocycles. The fourth-order valence-electron chi connectivity index (χ4n) is 1.88. The van der Waals surface area contributed by atoms with E-state index in [1.165, 1.54) is 4.31 Å². The zero-order valence-corrected chi connectivity index (χ0v) is 14.3. The van der Waals surface area contributed by atoms with E-state index in [2.05, 4.69) is 28.8 Å². The summed E-state index contributed by atoms with van der Waals surface area (Å²) in [6.07, 6.45) is 1.66. The van der Waals surface area contributed by atoms with Gasteiger partial charge in [-0.1, -0.05) is 20.8 Å². The van der Waals surface area contributed by atoms with Crippen molar-refractivity contribution < 1.29 is 8.42 Å². The second-order valence-electron chi connectivity index (χ2n) is 4.81. The molecule has 0 aromatic carbocycles. The number of hydrogen-bond donors (Lipinski definition) is 2. The molecule has 6 nitrogen and oxygen atoms in total. The van der Waals surface area contributed by atoms with Crippen molar-refractivity contribution in [2.75, 3.05) is 52.9 Å².